The number of benzene rings is 1. The Balaban J connectivity index is 1.22. The molecule has 1 aliphatic heterocycles. The normalized spacial score (nSPS) is 20.3. The smallest absolute Gasteiger partial charge is 0.315 e. The predicted molar refractivity (Wildman–Crippen MR) is 113 cm³/mol. The lowest BCUT2D eigenvalue weighted by molar-refractivity contribution is 0.117. The Kier molecular flexibility index (Phi) is 6.44. The van der Waals surface area contributed by atoms with Crippen molar-refractivity contribution in [1.29, 1.82) is 0 Å². The van der Waals surface area contributed by atoms with Gasteiger partial charge in [-0.05, 0) is 50.3 Å². The van der Waals surface area contributed by atoms with E-state index in [4.69, 9.17) is 0 Å². The Hall–Kier alpha value is -2.41. The third-order valence-electron chi connectivity index (χ3n) is 6.38. The van der Waals surface area contributed by atoms with Gasteiger partial charge in [0, 0.05) is 25.2 Å². The molecule has 2 aliphatic rings. The number of hydrogen-bond acceptors (Lipinski definition) is 4. The predicted octanol–water partition coefficient (Wildman–Crippen LogP) is 3.42. The Morgan fingerprint density at radius 1 is 1.07 bits per heavy atom. The zero-order chi connectivity index (χ0) is 20.1. The number of likely N-dealkylation sites (tertiary alicyclic amines) is 1. The Morgan fingerprint density at radius 3 is 2.45 bits per heavy atom. The van der Waals surface area contributed by atoms with Crippen LogP contribution in [0.25, 0.3) is 5.69 Å². The number of aromatic nitrogens is 3. The minimum atomic E-state index is -0.0750. The van der Waals surface area contributed by atoms with Gasteiger partial charge in [-0.15, -0.1) is 0 Å². The van der Waals surface area contributed by atoms with Gasteiger partial charge in [-0.1, -0.05) is 31.4 Å². The Bertz CT molecular complexity index is 761. The largest absolute Gasteiger partial charge is 0.335 e. The molecule has 2 fully saturated rings. The number of carbonyl (C=O) groups is 1. The van der Waals surface area contributed by atoms with E-state index in [1.165, 1.54) is 38.4 Å². The lowest BCUT2D eigenvalue weighted by atomic mass is 9.92. The fourth-order valence-corrected chi connectivity index (χ4v) is 4.62. The van der Waals surface area contributed by atoms with Crippen molar-refractivity contribution in [2.45, 2.75) is 70.0 Å². The average molecular weight is 397 g/mol. The summed E-state index contributed by atoms with van der Waals surface area (Å²) in [5.74, 6) is 0. The van der Waals surface area contributed by atoms with E-state index in [0.29, 0.717) is 0 Å². The molecule has 0 bridgehead atoms. The third-order valence-corrected chi connectivity index (χ3v) is 6.38. The van der Waals surface area contributed by atoms with E-state index < -0.39 is 0 Å². The first-order valence-electron chi connectivity index (χ1n) is 10.9. The molecule has 1 aliphatic carbocycles. The van der Waals surface area contributed by atoms with Crippen LogP contribution < -0.4 is 10.6 Å². The zero-order valence-corrected chi connectivity index (χ0v) is 17.3. The molecule has 2 amide bonds. The summed E-state index contributed by atoms with van der Waals surface area (Å²) in [5, 5.41) is 10.4. The molecule has 2 aromatic rings. The summed E-state index contributed by atoms with van der Waals surface area (Å²) < 4.78 is 1.72. The molecule has 2 N–H and O–H groups in total. The molecule has 7 heteroatoms. The molecule has 2 heterocycles. The van der Waals surface area contributed by atoms with E-state index >= 15 is 0 Å². The van der Waals surface area contributed by atoms with Crippen molar-refractivity contribution in [1.82, 2.24) is 30.3 Å². The maximum Gasteiger partial charge on any atom is 0.315 e. The summed E-state index contributed by atoms with van der Waals surface area (Å²) in [6, 6.07) is 8.93. The van der Waals surface area contributed by atoms with Crippen molar-refractivity contribution in [3.63, 3.8) is 0 Å². The minimum Gasteiger partial charge on any atom is -0.335 e. The van der Waals surface area contributed by atoms with Crippen molar-refractivity contribution < 1.29 is 4.79 Å². The van der Waals surface area contributed by atoms with Crippen LogP contribution in [0.3, 0.4) is 0 Å². The van der Waals surface area contributed by atoms with Crippen molar-refractivity contribution >= 4 is 6.03 Å². The zero-order valence-electron chi connectivity index (χ0n) is 17.3. The quantitative estimate of drug-likeness (QED) is 0.812. The van der Waals surface area contributed by atoms with Gasteiger partial charge >= 0.3 is 6.03 Å². The number of urea groups is 1. The molecular formula is C22H32N6O. The van der Waals surface area contributed by atoms with E-state index in [9.17, 15) is 4.79 Å². The van der Waals surface area contributed by atoms with Crippen LogP contribution in [-0.2, 0) is 0 Å². The van der Waals surface area contributed by atoms with Gasteiger partial charge in [-0.25, -0.2) is 14.5 Å². The highest BCUT2D eigenvalue weighted by atomic mass is 16.2. The summed E-state index contributed by atoms with van der Waals surface area (Å²) >= 11 is 0. The minimum absolute atomic E-state index is 0.0536. The van der Waals surface area contributed by atoms with Gasteiger partial charge in [-0.3, -0.25) is 0 Å². The number of rotatable bonds is 5. The molecule has 1 saturated carbocycles. The van der Waals surface area contributed by atoms with Gasteiger partial charge < -0.3 is 15.5 Å². The van der Waals surface area contributed by atoms with Gasteiger partial charge in [0.15, 0.2) is 0 Å². The van der Waals surface area contributed by atoms with Crippen LogP contribution in [0.5, 0.6) is 0 Å². The van der Waals surface area contributed by atoms with Gasteiger partial charge in [-0.2, -0.15) is 5.10 Å². The molecule has 1 aromatic carbocycles. The van der Waals surface area contributed by atoms with Gasteiger partial charge in [0.1, 0.15) is 12.7 Å². The Labute approximate surface area is 172 Å². The molecule has 1 saturated heterocycles. The number of nitrogens with one attached hydrogen (secondary N) is 2. The average Bonchev–Trinajstić information content (AvgIpc) is 3.30. The monoisotopic (exact) mass is 396 g/mol. The second-order valence-electron chi connectivity index (χ2n) is 8.37. The highest BCUT2D eigenvalue weighted by Crippen LogP contribution is 2.25. The summed E-state index contributed by atoms with van der Waals surface area (Å²) in [5.41, 5.74) is 2.02. The van der Waals surface area contributed by atoms with Gasteiger partial charge in [0.25, 0.3) is 0 Å². The van der Waals surface area contributed by atoms with E-state index in [-0.39, 0.29) is 18.1 Å². The van der Waals surface area contributed by atoms with E-state index in [1.54, 1.807) is 11.0 Å². The van der Waals surface area contributed by atoms with Crippen LogP contribution in [0, 0.1) is 0 Å². The first-order valence-corrected chi connectivity index (χ1v) is 10.9. The highest BCUT2D eigenvalue weighted by molar-refractivity contribution is 5.74. The molecule has 29 heavy (non-hydrogen) atoms. The second-order valence-corrected chi connectivity index (χ2v) is 8.37. The summed E-state index contributed by atoms with van der Waals surface area (Å²) in [6.45, 7) is 4.22. The molecule has 156 valence electrons. The SMILES string of the molecule is CC(NC(=O)NC1CCN(C2CCCCC2)CC1)c1ccc(-n2cncn2)cc1. The number of piperidine rings is 1. The molecule has 4 rings (SSSR count). The van der Waals surface area contributed by atoms with Crippen LogP contribution >= 0.6 is 0 Å². The Morgan fingerprint density at radius 2 is 1.79 bits per heavy atom. The van der Waals surface area contributed by atoms with Crippen molar-refractivity contribution in [2.24, 2.45) is 0 Å². The standard InChI is InChI=1S/C22H32N6O/c1-17(18-7-9-21(10-8-18)28-16-23-15-24-28)25-22(29)26-19-11-13-27(14-12-19)20-5-3-2-4-6-20/h7-10,15-17,19-20H,2-6,11-14H2,1H3,(H2,25,26,29). The maximum atomic E-state index is 12.5. The summed E-state index contributed by atoms with van der Waals surface area (Å²) in [6.07, 6.45) is 12.1. The van der Waals surface area contributed by atoms with Crippen molar-refractivity contribution in [3.05, 3.63) is 42.5 Å². The molecule has 1 atom stereocenters. The van der Waals surface area contributed by atoms with Crippen LogP contribution in [0.4, 0.5) is 4.79 Å². The topological polar surface area (TPSA) is 75.1 Å². The maximum absolute atomic E-state index is 12.5. The third kappa shape index (κ3) is 5.15. The van der Waals surface area contributed by atoms with Crippen LogP contribution in [0.15, 0.2) is 36.9 Å². The van der Waals surface area contributed by atoms with E-state index in [2.05, 4.69) is 25.6 Å². The van der Waals surface area contributed by atoms with E-state index in [0.717, 1.165) is 43.2 Å². The first-order chi connectivity index (χ1) is 14.2. The van der Waals surface area contributed by atoms with Gasteiger partial charge in [0.05, 0.1) is 11.7 Å². The van der Waals surface area contributed by atoms with Crippen LogP contribution in [0.2, 0.25) is 0 Å². The van der Waals surface area contributed by atoms with Crippen LogP contribution in [0.1, 0.15) is 63.5 Å². The van der Waals surface area contributed by atoms with Gasteiger partial charge in [0.2, 0.25) is 0 Å². The first kappa shape index (κ1) is 19.9. The molecule has 7 nitrogen and oxygen atoms in total. The fourth-order valence-electron chi connectivity index (χ4n) is 4.62. The highest BCUT2D eigenvalue weighted by Gasteiger charge is 2.27. The number of carbonyl (C=O) groups excluding carboxylic acids is 1. The number of hydrogen-bond donors (Lipinski definition) is 2. The number of amides is 2. The summed E-state index contributed by atoms with van der Waals surface area (Å²) in [7, 11) is 0. The molecule has 0 radical (unpaired) electrons. The van der Waals surface area contributed by atoms with Crippen LogP contribution in [-0.4, -0.2) is 50.9 Å². The molecular weight excluding hydrogens is 364 g/mol. The van der Waals surface area contributed by atoms with E-state index in [1.807, 2.05) is 31.2 Å². The molecule has 0 spiro atoms. The van der Waals surface area contributed by atoms with Crippen molar-refractivity contribution in [2.75, 3.05) is 13.1 Å². The lowest BCUT2D eigenvalue weighted by Gasteiger charge is -2.39. The molecule has 1 unspecified atom stereocenters. The molecule has 1 aromatic heterocycles. The fraction of sp³-hybridized carbons (Fsp3) is 0.591. The lowest BCUT2D eigenvalue weighted by Crippen LogP contribution is -2.50. The van der Waals surface area contributed by atoms with Crippen molar-refractivity contribution in [3.8, 4) is 5.69 Å². The summed E-state index contributed by atoms with van der Waals surface area (Å²) in [4.78, 5) is 19.1. The second kappa shape index (κ2) is 9.39. The number of nitrogens with zero attached hydrogens (tertiary/aromatic N) is 4.